The lowest BCUT2D eigenvalue weighted by Gasteiger charge is -2.29. The number of esters is 1. The number of carbonyl (C=O) groups is 3. The normalized spacial score (nSPS) is 19.3. The molecule has 148 valence electrons. The molecule has 27 heavy (non-hydrogen) atoms. The zero-order valence-corrected chi connectivity index (χ0v) is 14.9. The van der Waals surface area contributed by atoms with Crippen LogP contribution in [0.25, 0.3) is 0 Å². The third-order valence-corrected chi connectivity index (χ3v) is 4.33. The van der Waals surface area contributed by atoms with Crippen LogP contribution >= 0.6 is 0 Å². The Balaban J connectivity index is 1.74. The molecule has 1 saturated carbocycles. The number of carbonyl (C=O) groups excluding carboxylic acids is 3. The molecule has 2 rings (SSSR count). The van der Waals surface area contributed by atoms with E-state index in [-0.39, 0.29) is 17.4 Å². The molecule has 1 aromatic carbocycles. The molecular weight excluding hydrogens is 362 g/mol. The summed E-state index contributed by atoms with van der Waals surface area (Å²) in [6.07, 6.45) is 4.05. The Bertz CT molecular complexity index is 666. The van der Waals surface area contributed by atoms with Crippen molar-refractivity contribution in [1.82, 2.24) is 10.6 Å². The summed E-state index contributed by atoms with van der Waals surface area (Å²) in [6.45, 7) is -1.55. The van der Waals surface area contributed by atoms with Crippen molar-refractivity contribution in [3.63, 3.8) is 0 Å². The van der Waals surface area contributed by atoms with Crippen molar-refractivity contribution in [2.45, 2.75) is 45.3 Å². The lowest BCUT2D eigenvalue weighted by molar-refractivity contribution is -0.123. The van der Waals surface area contributed by atoms with Crippen molar-refractivity contribution >= 4 is 17.9 Å². The molecule has 3 amide bonds. The van der Waals surface area contributed by atoms with Crippen molar-refractivity contribution in [2.24, 2.45) is 5.92 Å². The average Bonchev–Trinajstić information content (AvgIpc) is 2.61. The van der Waals surface area contributed by atoms with Crippen LogP contribution in [-0.4, -0.2) is 37.2 Å². The second kappa shape index (κ2) is 9.84. The van der Waals surface area contributed by atoms with E-state index in [2.05, 4.69) is 15.4 Å². The maximum absolute atomic E-state index is 12.1. The molecule has 2 atom stereocenters. The third-order valence-electron chi connectivity index (χ3n) is 4.33. The van der Waals surface area contributed by atoms with Gasteiger partial charge in [0.2, 0.25) is 0 Å². The number of rotatable bonds is 6. The summed E-state index contributed by atoms with van der Waals surface area (Å²) in [6, 6.07) is 4.22. The Kier molecular flexibility index (Phi) is 7.51. The fraction of sp³-hybridized carbons (Fsp3) is 0.500. The van der Waals surface area contributed by atoms with E-state index in [4.69, 9.17) is 4.74 Å². The van der Waals surface area contributed by atoms with Crippen molar-refractivity contribution in [3.05, 3.63) is 29.8 Å². The van der Waals surface area contributed by atoms with Crippen LogP contribution in [0.2, 0.25) is 0 Å². The Labute approximate surface area is 155 Å². The molecule has 7 nitrogen and oxygen atoms in total. The van der Waals surface area contributed by atoms with E-state index in [0.717, 1.165) is 25.7 Å². The van der Waals surface area contributed by atoms with Gasteiger partial charge < -0.3 is 14.8 Å². The molecule has 0 spiro atoms. The van der Waals surface area contributed by atoms with Gasteiger partial charge in [-0.15, -0.1) is 0 Å². The highest BCUT2D eigenvalue weighted by atomic mass is 19.3. The predicted octanol–water partition coefficient (Wildman–Crippen LogP) is 2.85. The number of halogens is 2. The summed E-state index contributed by atoms with van der Waals surface area (Å²) in [4.78, 5) is 35.4. The molecule has 1 fully saturated rings. The Morgan fingerprint density at radius 2 is 1.81 bits per heavy atom. The van der Waals surface area contributed by atoms with E-state index < -0.39 is 31.1 Å². The van der Waals surface area contributed by atoms with Gasteiger partial charge in [0.05, 0.1) is 5.56 Å². The molecule has 0 radical (unpaired) electrons. The number of urea groups is 1. The first-order valence-corrected chi connectivity index (χ1v) is 8.67. The highest BCUT2D eigenvalue weighted by Gasteiger charge is 2.23. The summed E-state index contributed by atoms with van der Waals surface area (Å²) < 4.78 is 33.1. The summed E-state index contributed by atoms with van der Waals surface area (Å²) in [5.41, 5.74) is 0.0601. The molecule has 9 heteroatoms. The van der Waals surface area contributed by atoms with E-state index in [0.29, 0.717) is 5.92 Å². The van der Waals surface area contributed by atoms with Crippen LogP contribution in [0.5, 0.6) is 5.75 Å². The minimum Gasteiger partial charge on any atom is -0.452 e. The molecule has 0 saturated heterocycles. The lowest BCUT2D eigenvalue weighted by Crippen LogP contribution is -2.48. The van der Waals surface area contributed by atoms with Crippen LogP contribution in [0.3, 0.4) is 0 Å². The quantitative estimate of drug-likeness (QED) is 0.736. The molecule has 0 aliphatic heterocycles. The summed E-state index contributed by atoms with van der Waals surface area (Å²) >= 11 is 0. The highest BCUT2D eigenvalue weighted by Crippen LogP contribution is 2.23. The van der Waals surface area contributed by atoms with Crippen LogP contribution in [0.1, 0.15) is 43.0 Å². The van der Waals surface area contributed by atoms with Crippen LogP contribution in [0, 0.1) is 5.92 Å². The number of hydrogen-bond acceptors (Lipinski definition) is 5. The molecule has 2 N–H and O–H groups in total. The number of imide groups is 1. The van der Waals surface area contributed by atoms with Gasteiger partial charge in [-0.2, -0.15) is 8.78 Å². The zero-order chi connectivity index (χ0) is 19.8. The summed E-state index contributed by atoms with van der Waals surface area (Å²) in [7, 11) is 0. The maximum atomic E-state index is 12.1. The number of benzene rings is 1. The van der Waals surface area contributed by atoms with E-state index in [1.165, 1.54) is 24.3 Å². The van der Waals surface area contributed by atoms with Crippen molar-refractivity contribution in [3.8, 4) is 5.75 Å². The summed E-state index contributed by atoms with van der Waals surface area (Å²) in [5.74, 6) is -1.35. The molecule has 1 aliphatic rings. The van der Waals surface area contributed by atoms with E-state index in [1.807, 2.05) is 6.92 Å². The molecule has 0 unspecified atom stereocenters. The minimum absolute atomic E-state index is 0.0167. The van der Waals surface area contributed by atoms with Gasteiger partial charge in [-0.1, -0.05) is 19.8 Å². The summed E-state index contributed by atoms with van der Waals surface area (Å²) in [5, 5.41) is 4.87. The molecule has 0 aromatic heterocycles. The van der Waals surface area contributed by atoms with Gasteiger partial charge in [-0.3, -0.25) is 10.1 Å². The number of hydrogen-bond donors (Lipinski definition) is 2. The van der Waals surface area contributed by atoms with Gasteiger partial charge in [0, 0.05) is 6.04 Å². The van der Waals surface area contributed by atoms with Crippen molar-refractivity contribution in [1.29, 1.82) is 0 Å². The van der Waals surface area contributed by atoms with Gasteiger partial charge in [-0.25, -0.2) is 9.59 Å². The van der Waals surface area contributed by atoms with Gasteiger partial charge in [0.15, 0.2) is 6.61 Å². The minimum atomic E-state index is -2.96. The van der Waals surface area contributed by atoms with Gasteiger partial charge in [0.1, 0.15) is 5.75 Å². The average molecular weight is 384 g/mol. The first-order valence-electron chi connectivity index (χ1n) is 8.67. The fourth-order valence-corrected chi connectivity index (χ4v) is 2.88. The SMILES string of the molecule is C[C@H]1CCCC[C@@H]1NC(=O)NC(=O)COC(=O)c1ccc(OC(F)F)cc1. The van der Waals surface area contributed by atoms with Crippen LogP contribution in [0.4, 0.5) is 13.6 Å². The Morgan fingerprint density at radius 1 is 1.15 bits per heavy atom. The Hall–Kier alpha value is -2.71. The van der Waals surface area contributed by atoms with E-state index >= 15 is 0 Å². The monoisotopic (exact) mass is 384 g/mol. The maximum Gasteiger partial charge on any atom is 0.387 e. The number of alkyl halides is 2. The first-order chi connectivity index (χ1) is 12.8. The Morgan fingerprint density at radius 3 is 2.44 bits per heavy atom. The second-order valence-electron chi connectivity index (χ2n) is 6.37. The largest absolute Gasteiger partial charge is 0.452 e. The smallest absolute Gasteiger partial charge is 0.387 e. The molecule has 0 bridgehead atoms. The van der Waals surface area contributed by atoms with Crippen LogP contribution in [0.15, 0.2) is 24.3 Å². The number of amides is 3. The van der Waals surface area contributed by atoms with Crippen molar-refractivity contribution < 1.29 is 32.6 Å². The topological polar surface area (TPSA) is 93.7 Å². The molecule has 1 aliphatic carbocycles. The first kappa shape index (κ1) is 20.6. The van der Waals surface area contributed by atoms with Gasteiger partial charge in [0.25, 0.3) is 5.91 Å². The number of ether oxygens (including phenoxy) is 2. The van der Waals surface area contributed by atoms with Gasteiger partial charge in [-0.05, 0) is 43.0 Å². The lowest BCUT2D eigenvalue weighted by atomic mass is 9.86. The van der Waals surface area contributed by atoms with Crippen molar-refractivity contribution in [2.75, 3.05) is 6.61 Å². The fourth-order valence-electron chi connectivity index (χ4n) is 2.88. The molecular formula is C18H22F2N2O5. The number of nitrogens with one attached hydrogen (secondary N) is 2. The second-order valence-corrected chi connectivity index (χ2v) is 6.37. The van der Waals surface area contributed by atoms with Crippen LogP contribution < -0.4 is 15.4 Å². The third kappa shape index (κ3) is 6.84. The predicted molar refractivity (Wildman–Crippen MR) is 91.5 cm³/mol. The van der Waals surface area contributed by atoms with Gasteiger partial charge >= 0.3 is 18.6 Å². The molecule has 1 aromatic rings. The van der Waals surface area contributed by atoms with E-state index in [1.54, 1.807) is 0 Å². The highest BCUT2D eigenvalue weighted by molar-refractivity contribution is 5.97. The standard InChI is InChI=1S/C18H22F2N2O5/c1-11-4-2-3-5-14(11)21-18(25)22-15(23)10-26-16(24)12-6-8-13(9-7-12)27-17(19)20/h6-9,11,14,17H,2-5,10H2,1H3,(H2,21,22,23,25)/t11-,14-/m0/s1. The molecule has 0 heterocycles. The van der Waals surface area contributed by atoms with Crippen LogP contribution in [-0.2, 0) is 9.53 Å². The van der Waals surface area contributed by atoms with E-state index in [9.17, 15) is 23.2 Å². The zero-order valence-electron chi connectivity index (χ0n) is 14.9.